The summed E-state index contributed by atoms with van der Waals surface area (Å²) in [5.74, 6) is 0.220. The van der Waals surface area contributed by atoms with Crippen molar-refractivity contribution in [1.29, 1.82) is 0 Å². The Labute approximate surface area is 218 Å². The second kappa shape index (κ2) is 11.7. The molecule has 6 nitrogen and oxygen atoms in total. The Kier molecular flexibility index (Phi) is 8.15. The molecule has 1 aromatic heterocycles. The molecule has 2 N–H and O–H groups in total. The maximum absolute atomic E-state index is 13.3. The van der Waals surface area contributed by atoms with E-state index < -0.39 is 17.6 Å². The number of nitrogens with one attached hydrogen (secondary N) is 2. The number of rotatable bonds is 9. The van der Waals surface area contributed by atoms with Crippen LogP contribution in [0.4, 0.5) is 24.5 Å². The summed E-state index contributed by atoms with van der Waals surface area (Å²) in [7, 11) is 2.89. The van der Waals surface area contributed by atoms with Gasteiger partial charge in [-0.3, -0.25) is 9.78 Å². The number of carbonyl (C=O) groups excluding carboxylic acids is 1. The van der Waals surface area contributed by atoms with Crippen LogP contribution in [0.15, 0.2) is 85.1 Å². The zero-order valence-electron chi connectivity index (χ0n) is 20.8. The van der Waals surface area contributed by atoms with Crippen LogP contribution in [-0.4, -0.2) is 31.7 Å². The van der Waals surface area contributed by atoms with Crippen LogP contribution < -0.4 is 20.1 Å². The van der Waals surface area contributed by atoms with Crippen molar-refractivity contribution < 1.29 is 27.4 Å². The molecule has 0 aliphatic rings. The van der Waals surface area contributed by atoms with E-state index in [4.69, 9.17) is 9.47 Å². The van der Waals surface area contributed by atoms with E-state index in [2.05, 4.69) is 15.6 Å². The number of alkyl halides is 3. The highest BCUT2D eigenvalue weighted by Crippen LogP contribution is 2.37. The molecule has 0 fully saturated rings. The van der Waals surface area contributed by atoms with Crippen molar-refractivity contribution in [3.8, 4) is 22.6 Å². The summed E-state index contributed by atoms with van der Waals surface area (Å²) in [6, 6.07) is 20.7. The SMILES string of the molecule is COc1cc(C(=O)Nc2ccc(NCCc3ccccn3)cc2)c(-c2ccc(C(F)(F)F)cc2)cc1OC. The summed E-state index contributed by atoms with van der Waals surface area (Å²) in [6.45, 7) is 0.699. The number of aromatic nitrogens is 1. The van der Waals surface area contributed by atoms with Crippen molar-refractivity contribution in [2.24, 2.45) is 0 Å². The minimum atomic E-state index is -4.46. The summed E-state index contributed by atoms with van der Waals surface area (Å²) in [5, 5.41) is 6.16. The molecule has 0 aliphatic heterocycles. The van der Waals surface area contributed by atoms with E-state index in [1.165, 1.54) is 32.4 Å². The first-order chi connectivity index (χ1) is 18.3. The lowest BCUT2D eigenvalue weighted by atomic mass is 9.97. The van der Waals surface area contributed by atoms with Gasteiger partial charge in [-0.1, -0.05) is 18.2 Å². The highest BCUT2D eigenvalue weighted by atomic mass is 19.4. The molecular weight excluding hydrogens is 495 g/mol. The molecular formula is C29H26F3N3O3. The molecule has 9 heteroatoms. The Morgan fingerprint density at radius 2 is 1.53 bits per heavy atom. The number of halogens is 3. The van der Waals surface area contributed by atoms with Crippen molar-refractivity contribution in [3.05, 3.63) is 102 Å². The number of carbonyl (C=O) groups is 1. The predicted octanol–water partition coefficient (Wildman–Crippen LogP) is 6.69. The van der Waals surface area contributed by atoms with Gasteiger partial charge < -0.3 is 20.1 Å². The van der Waals surface area contributed by atoms with E-state index in [1.807, 2.05) is 30.3 Å². The number of methoxy groups -OCH3 is 2. The minimum absolute atomic E-state index is 0.222. The lowest BCUT2D eigenvalue weighted by Crippen LogP contribution is -2.14. The van der Waals surface area contributed by atoms with E-state index in [0.29, 0.717) is 34.9 Å². The topological polar surface area (TPSA) is 72.5 Å². The fourth-order valence-electron chi connectivity index (χ4n) is 3.90. The molecule has 0 radical (unpaired) electrons. The highest BCUT2D eigenvalue weighted by molar-refractivity contribution is 6.09. The van der Waals surface area contributed by atoms with E-state index in [-0.39, 0.29) is 5.56 Å². The van der Waals surface area contributed by atoms with Crippen molar-refractivity contribution >= 4 is 17.3 Å². The van der Waals surface area contributed by atoms with Crippen LogP contribution in [-0.2, 0) is 12.6 Å². The Hall–Kier alpha value is -4.53. The second-order valence-electron chi connectivity index (χ2n) is 8.36. The smallest absolute Gasteiger partial charge is 0.416 e. The van der Waals surface area contributed by atoms with Crippen LogP contribution in [0.2, 0.25) is 0 Å². The number of nitrogens with zero attached hydrogens (tertiary/aromatic N) is 1. The highest BCUT2D eigenvalue weighted by Gasteiger charge is 2.30. The van der Waals surface area contributed by atoms with Gasteiger partial charge in [-0.2, -0.15) is 13.2 Å². The zero-order chi connectivity index (χ0) is 27.1. The van der Waals surface area contributed by atoms with Gasteiger partial charge in [0.15, 0.2) is 11.5 Å². The fraction of sp³-hybridized carbons (Fsp3) is 0.172. The largest absolute Gasteiger partial charge is 0.493 e. The molecule has 4 rings (SSSR count). The van der Waals surface area contributed by atoms with Gasteiger partial charge in [0.05, 0.1) is 25.3 Å². The van der Waals surface area contributed by atoms with Crippen LogP contribution >= 0.6 is 0 Å². The first-order valence-electron chi connectivity index (χ1n) is 11.8. The lowest BCUT2D eigenvalue weighted by molar-refractivity contribution is -0.137. The number of pyridine rings is 1. The number of hydrogen-bond donors (Lipinski definition) is 2. The summed E-state index contributed by atoms with van der Waals surface area (Å²) < 4.78 is 49.9. The third-order valence-corrected chi connectivity index (χ3v) is 5.87. The maximum Gasteiger partial charge on any atom is 0.416 e. The van der Waals surface area contributed by atoms with Crippen molar-refractivity contribution in [2.75, 3.05) is 31.4 Å². The van der Waals surface area contributed by atoms with Gasteiger partial charge in [-0.15, -0.1) is 0 Å². The Morgan fingerprint density at radius 3 is 2.13 bits per heavy atom. The van der Waals surface area contributed by atoms with Crippen molar-refractivity contribution in [2.45, 2.75) is 12.6 Å². The van der Waals surface area contributed by atoms with Gasteiger partial charge in [-0.25, -0.2) is 0 Å². The van der Waals surface area contributed by atoms with E-state index in [9.17, 15) is 18.0 Å². The molecule has 0 aliphatic carbocycles. The average molecular weight is 522 g/mol. The molecule has 0 unspecified atom stereocenters. The Bertz CT molecular complexity index is 1370. The van der Waals surface area contributed by atoms with Crippen LogP contribution in [0.3, 0.4) is 0 Å². The first-order valence-corrected chi connectivity index (χ1v) is 11.8. The lowest BCUT2D eigenvalue weighted by Gasteiger charge is -2.16. The maximum atomic E-state index is 13.3. The van der Waals surface area contributed by atoms with E-state index in [0.717, 1.165) is 29.9 Å². The fourth-order valence-corrected chi connectivity index (χ4v) is 3.90. The van der Waals surface area contributed by atoms with Gasteiger partial charge in [-0.05, 0) is 71.8 Å². The molecule has 0 saturated carbocycles. The van der Waals surface area contributed by atoms with Crippen molar-refractivity contribution in [3.63, 3.8) is 0 Å². The molecule has 0 spiro atoms. The number of hydrogen-bond acceptors (Lipinski definition) is 5. The van der Waals surface area contributed by atoms with Crippen LogP contribution in [0.1, 0.15) is 21.6 Å². The van der Waals surface area contributed by atoms with Gasteiger partial charge in [0.25, 0.3) is 5.91 Å². The monoisotopic (exact) mass is 521 g/mol. The number of benzene rings is 3. The average Bonchev–Trinajstić information content (AvgIpc) is 2.93. The molecule has 1 heterocycles. The summed E-state index contributed by atoms with van der Waals surface area (Å²) >= 11 is 0. The first kappa shape index (κ1) is 26.5. The molecule has 1 amide bonds. The molecule has 0 bridgehead atoms. The quantitative estimate of drug-likeness (QED) is 0.257. The van der Waals surface area contributed by atoms with Gasteiger partial charge in [0.1, 0.15) is 0 Å². The number of amides is 1. The van der Waals surface area contributed by atoms with Crippen LogP contribution in [0.5, 0.6) is 11.5 Å². The predicted molar refractivity (Wildman–Crippen MR) is 141 cm³/mol. The normalized spacial score (nSPS) is 11.1. The van der Waals surface area contributed by atoms with Crippen LogP contribution in [0.25, 0.3) is 11.1 Å². The van der Waals surface area contributed by atoms with Gasteiger partial charge in [0, 0.05) is 36.2 Å². The number of anilines is 2. The van der Waals surface area contributed by atoms with Crippen LogP contribution in [0, 0.1) is 0 Å². The van der Waals surface area contributed by atoms with Gasteiger partial charge in [0.2, 0.25) is 0 Å². The standard InChI is InChI=1S/C29H26F3N3O3/c1-37-26-17-24(19-6-8-20(9-7-19)29(30,31)32)25(18-27(26)38-2)28(36)35-23-12-10-22(11-13-23)34-16-14-21-5-3-4-15-33-21/h3-13,15,17-18,34H,14,16H2,1-2H3,(H,35,36). The Morgan fingerprint density at radius 1 is 0.868 bits per heavy atom. The zero-order valence-corrected chi connectivity index (χ0v) is 20.8. The third-order valence-electron chi connectivity index (χ3n) is 5.87. The van der Waals surface area contributed by atoms with E-state index in [1.54, 1.807) is 24.4 Å². The molecule has 3 aromatic carbocycles. The summed E-state index contributed by atoms with van der Waals surface area (Å²) in [6.07, 6.45) is -1.94. The van der Waals surface area contributed by atoms with E-state index >= 15 is 0 Å². The van der Waals surface area contributed by atoms with Gasteiger partial charge >= 0.3 is 6.18 Å². The Balaban J connectivity index is 1.53. The second-order valence-corrected chi connectivity index (χ2v) is 8.36. The molecule has 196 valence electrons. The summed E-state index contributed by atoms with van der Waals surface area (Å²) in [4.78, 5) is 17.6. The summed E-state index contributed by atoms with van der Waals surface area (Å²) in [5.41, 5.74) is 2.70. The molecule has 4 aromatic rings. The molecule has 38 heavy (non-hydrogen) atoms. The minimum Gasteiger partial charge on any atom is -0.493 e. The van der Waals surface area contributed by atoms with Crippen molar-refractivity contribution in [1.82, 2.24) is 4.98 Å². The molecule has 0 saturated heterocycles. The molecule has 0 atom stereocenters. The third kappa shape index (κ3) is 6.42. The number of ether oxygens (including phenoxy) is 2.